The molecule has 3 aliphatic carbocycles. The van der Waals surface area contributed by atoms with Gasteiger partial charge in [-0.15, -0.1) is 12.3 Å². The van der Waals surface area contributed by atoms with Crippen LogP contribution in [0, 0.1) is 24.2 Å². The van der Waals surface area contributed by atoms with E-state index in [9.17, 15) is 0 Å². The first-order valence-electron chi connectivity index (χ1n) is 19.2. The molecule has 264 valence electrons. The number of allylic oxidation sites excluding steroid dienone is 10. The van der Waals surface area contributed by atoms with Gasteiger partial charge in [0.05, 0.1) is 6.04 Å². The van der Waals surface area contributed by atoms with E-state index >= 15 is 0 Å². The van der Waals surface area contributed by atoms with E-state index in [1.807, 2.05) is 6.08 Å². The molecule has 0 bridgehead atoms. The topological polar surface area (TPSA) is 8.17 Å². The number of hydrogen-bond donors (Lipinski definition) is 0. The van der Waals surface area contributed by atoms with Gasteiger partial charge in [0.2, 0.25) is 0 Å². The quantitative estimate of drug-likeness (QED) is 0.161. The van der Waals surface area contributed by atoms with Crippen LogP contribution in [0.5, 0.6) is 0 Å². The highest BCUT2D eigenvalue weighted by Crippen LogP contribution is 2.45. The molecule has 0 saturated carbocycles. The van der Waals surface area contributed by atoms with E-state index in [4.69, 9.17) is 0 Å². The largest absolute Gasteiger partial charge is 0.333 e. The molecule has 3 unspecified atom stereocenters. The Bertz CT molecular complexity index is 2140. The van der Waals surface area contributed by atoms with Crippen molar-refractivity contribution in [1.82, 2.24) is 4.57 Å². The van der Waals surface area contributed by atoms with Crippen LogP contribution in [0.3, 0.4) is 0 Å². The van der Waals surface area contributed by atoms with Crippen molar-refractivity contribution in [2.24, 2.45) is 17.3 Å². The van der Waals surface area contributed by atoms with Gasteiger partial charge in [0.1, 0.15) is 0 Å². The molecule has 0 spiro atoms. The molecule has 0 amide bonds. The summed E-state index contributed by atoms with van der Waals surface area (Å²) in [6, 6.07) is 20.2. The monoisotopic (exact) mass is 682 g/mol. The molecule has 3 aromatic rings. The Labute approximate surface area is 312 Å². The summed E-state index contributed by atoms with van der Waals surface area (Å²) in [5.41, 5.74) is 19.3. The normalized spacial score (nSPS) is 21.4. The Balaban J connectivity index is 1.24. The Morgan fingerprint density at radius 3 is 2.50 bits per heavy atom. The highest BCUT2D eigenvalue weighted by Gasteiger charge is 2.39. The third-order valence-corrected chi connectivity index (χ3v) is 11.1. The van der Waals surface area contributed by atoms with Gasteiger partial charge in [0.15, 0.2) is 0 Å². The fourth-order valence-corrected chi connectivity index (χ4v) is 8.41. The third-order valence-electron chi connectivity index (χ3n) is 11.1. The fourth-order valence-electron chi connectivity index (χ4n) is 8.41. The van der Waals surface area contributed by atoms with Crippen molar-refractivity contribution < 1.29 is 0 Å². The van der Waals surface area contributed by atoms with E-state index in [1.54, 1.807) is 0 Å². The molecule has 1 aliphatic heterocycles. The van der Waals surface area contributed by atoms with Crippen LogP contribution in [-0.2, 0) is 6.42 Å². The predicted molar refractivity (Wildman–Crippen MR) is 224 cm³/mol. The molecular weight excluding hydrogens is 629 g/mol. The van der Waals surface area contributed by atoms with Crippen LogP contribution in [0.15, 0.2) is 150 Å². The molecule has 52 heavy (non-hydrogen) atoms. The smallest absolute Gasteiger partial charge is 0.0630 e. The summed E-state index contributed by atoms with van der Waals surface area (Å²) in [4.78, 5) is 2.51. The number of nitrogens with zero attached hydrogens (tertiary/aromatic N) is 2. The number of para-hydroxylation sites is 1. The first-order valence-corrected chi connectivity index (χ1v) is 19.2. The number of fused-ring (bicyclic) bond motifs is 2. The second-order valence-electron chi connectivity index (χ2n) is 15.9. The molecule has 0 radical (unpaired) electrons. The predicted octanol–water partition coefficient (Wildman–Crippen LogP) is 13.1. The van der Waals surface area contributed by atoms with Crippen molar-refractivity contribution in [2.75, 3.05) is 4.90 Å². The number of rotatable bonds is 9. The standard InChI is InChI=1S/C50H54N2/c1-8-16-43-36(4)46(17-9-2)52(42-24-15-21-39(34-42)38-20-13-18-35(3)32-38)47(43)25-14-19-37-26-30-49-45(33-37)44-29-27-40(50(5,6)7)28-31-48(44)51(49)41-22-11-10-12-23-41/h8-12,14-15,17,20-26,28-31,33-35,45,49H,1,13,16,18-19,32H2,2-7H3/b17-9-,25-14-. The van der Waals surface area contributed by atoms with E-state index in [-0.39, 0.29) is 17.4 Å². The second kappa shape index (κ2) is 14.9. The molecule has 7 rings (SSSR count). The Hall–Kier alpha value is -5.04. The zero-order chi connectivity index (χ0) is 36.4. The average Bonchev–Trinajstić information content (AvgIpc) is 3.45. The second-order valence-corrected chi connectivity index (χ2v) is 15.9. The number of aromatic nitrogens is 1. The maximum absolute atomic E-state index is 4.15. The summed E-state index contributed by atoms with van der Waals surface area (Å²) in [5.74, 6) is 0.983. The Morgan fingerprint density at radius 1 is 0.942 bits per heavy atom. The highest BCUT2D eigenvalue weighted by molar-refractivity contribution is 5.72. The summed E-state index contributed by atoms with van der Waals surface area (Å²) in [6.45, 7) is 17.7. The summed E-state index contributed by atoms with van der Waals surface area (Å²) in [7, 11) is 0. The maximum atomic E-state index is 4.15. The van der Waals surface area contributed by atoms with E-state index in [0.29, 0.717) is 0 Å². The van der Waals surface area contributed by atoms with Crippen molar-refractivity contribution >= 4 is 23.4 Å². The molecule has 1 aromatic heterocycles. The van der Waals surface area contributed by atoms with Crippen molar-refractivity contribution in [1.29, 1.82) is 0 Å². The van der Waals surface area contributed by atoms with Crippen LogP contribution in [0.1, 0.15) is 88.4 Å². The molecule has 0 fully saturated rings. The molecule has 2 aromatic carbocycles. The molecule has 0 saturated heterocycles. The van der Waals surface area contributed by atoms with Gasteiger partial charge in [-0.05, 0) is 151 Å². The van der Waals surface area contributed by atoms with Crippen LogP contribution >= 0.6 is 0 Å². The van der Waals surface area contributed by atoms with Gasteiger partial charge in [-0.25, -0.2) is 0 Å². The van der Waals surface area contributed by atoms with Crippen LogP contribution in [0.4, 0.5) is 5.69 Å². The minimum atomic E-state index is 0.0301. The van der Waals surface area contributed by atoms with Crippen LogP contribution in [0.25, 0.3) is 23.4 Å². The zero-order valence-electron chi connectivity index (χ0n) is 32.0. The molecule has 2 heteroatoms. The SMILES string of the molecule is C=CCc1c(C)c(/C=C\C)n(-c2cccc(C3=CCCC(C)C3)c2)c1/C=C\CC1=CC2C3=C(C=CC(C(C)(C)C)=C=C3)N(c3ccccc3)C2C=C1. The van der Waals surface area contributed by atoms with Gasteiger partial charge in [0, 0.05) is 34.4 Å². The lowest BCUT2D eigenvalue weighted by atomic mass is 9.85. The van der Waals surface area contributed by atoms with E-state index in [1.165, 1.54) is 80.3 Å². The lowest BCUT2D eigenvalue weighted by Crippen LogP contribution is -2.33. The number of benzene rings is 2. The Kier molecular flexibility index (Phi) is 10.1. The van der Waals surface area contributed by atoms with Crippen LogP contribution in [0.2, 0.25) is 0 Å². The molecule has 2 heterocycles. The summed E-state index contributed by atoms with van der Waals surface area (Å²) in [6.07, 6.45) is 33.0. The van der Waals surface area contributed by atoms with E-state index < -0.39 is 0 Å². The zero-order valence-corrected chi connectivity index (χ0v) is 32.0. The minimum Gasteiger partial charge on any atom is -0.333 e. The molecule has 3 atom stereocenters. The first-order chi connectivity index (χ1) is 25.2. The molecule has 2 nitrogen and oxygen atoms in total. The molecule has 4 aliphatic rings. The van der Waals surface area contributed by atoms with Gasteiger partial charge >= 0.3 is 0 Å². The van der Waals surface area contributed by atoms with Gasteiger partial charge in [0.25, 0.3) is 0 Å². The van der Waals surface area contributed by atoms with Crippen LogP contribution in [-0.4, -0.2) is 10.6 Å². The lowest BCUT2D eigenvalue weighted by molar-refractivity contribution is 0.518. The third kappa shape index (κ3) is 6.93. The highest BCUT2D eigenvalue weighted by atomic mass is 15.2. The molecular formula is C50H54N2. The van der Waals surface area contributed by atoms with Crippen molar-refractivity contribution in [3.05, 3.63) is 178 Å². The van der Waals surface area contributed by atoms with Crippen molar-refractivity contribution in [3.63, 3.8) is 0 Å². The average molecular weight is 683 g/mol. The van der Waals surface area contributed by atoms with Crippen LogP contribution < -0.4 is 4.90 Å². The van der Waals surface area contributed by atoms with Gasteiger partial charge in [-0.2, -0.15) is 0 Å². The first kappa shape index (κ1) is 35.4. The van der Waals surface area contributed by atoms with E-state index in [0.717, 1.165) is 25.2 Å². The van der Waals surface area contributed by atoms with Gasteiger partial charge in [-0.3, -0.25) is 0 Å². The van der Waals surface area contributed by atoms with Gasteiger partial charge in [-0.1, -0.05) is 101 Å². The lowest BCUT2D eigenvalue weighted by Gasteiger charge is -2.31. The summed E-state index contributed by atoms with van der Waals surface area (Å²) < 4.78 is 2.47. The fraction of sp³-hybridized carbons (Fsp3) is 0.300. The number of hydrogen-bond acceptors (Lipinski definition) is 1. The van der Waals surface area contributed by atoms with Crippen molar-refractivity contribution in [3.8, 4) is 5.69 Å². The summed E-state index contributed by atoms with van der Waals surface area (Å²) >= 11 is 0. The minimum absolute atomic E-state index is 0.0301. The molecule has 0 N–H and O–H groups in total. The number of anilines is 1. The van der Waals surface area contributed by atoms with Gasteiger partial charge < -0.3 is 9.47 Å². The van der Waals surface area contributed by atoms with Crippen molar-refractivity contribution in [2.45, 2.75) is 79.7 Å². The Morgan fingerprint density at radius 2 is 1.75 bits per heavy atom. The van der Waals surface area contributed by atoms with E-state index in [2.05, 4.69) is 185 Å². The maximum Gasteiger partial charge on any atom is 0.0630 e. The summed E-state index contributed by atoms with van der Waals surface area (Å²) in [5, 5.41) is 0.